The van der Waals surface area contributed by atoms with E-state index in [0.717, 1.165) is 24.8 Å². The lowest BCUT2D eigenvalue weighted by Crippen LogP contribution is -2.48. The molecule has 146 valence electrons. The van der Waals surface area contributed by atoms with Crippen molar-refractivity contribution in [1.29, 1.82) is 0 Å². The Morgan fingerprint density at radius 2 is 1.93 bits per heavy atom. The lowest BCUT2D eigenvalue weighted by Gasteiger charge is -2.36. The number of amides is 1. The molecular formula is C23H25FN2O2. The average molecular weight is 380 g/mol. The Labute approximate surface area is 164 Å². The molecule has 28 heavy (non-hydrogen) atoms. The fourth-order valence-corrected chi connectivity index (χ4v) is 4.27. The van der Waals surface area contributed by atoms with Crippen molar-refractivity contribution in [2.75, 3.05) is 19.6 Å². The first-order valence-electron chi connectivity index (χ1n) is 10.0. The second-order valence-electron chi connectivity index (χ2n) is 7.62. The molecule has 2 aromatic carbocycles. The molecule has 0 spiro atoms. The number of ketones is 1. The number of fused-ring (bicyclic) bond motifs is 1. The van der Waals surface area contributed by atoms with Gasteiger partial charge in [0.15, 0.2) is 5.78 Å². The molecular weight excluding hydrogens is 355 g/mol. The van der Waals surface area contributed by atoms with E-state index in [4.69, 9.17) is 0 Å². The highest BCUT2D eigenvalue weighted by atomic mass is 19.1. The van der Waals surface area contributed by atoms with Crippen LogP contribution in [0.25, 0.3) is 0 Å². The van der Waals surface area contributed by atoms with Crippen LogP contribution in [0.4, 0.5) is 4.39 Å². The molecule has 1 aliphatic carbocycles. The zero-order valence-electron chi connectivity index (χ0n) is 15.9. The van der Waals surface area contributed by atoms with Crippen LogP contribution in [-0.2, 0) is 17.6 Å². The van der Waals surface area contributed by atoms with Gasteiger partial charge in [-0.05, 0) is 54.2 Å². The molecule has 5 heteroatoms. The summed E-state index contributed by atoms with van der Waals surface area (Å²) in [5.41, 5.74) is 4.10. The number of piperazine rings is 1. The minimum absolute atomic E-state index is 0.0143. The van der Waals surface area contributed by atoms with Crippen LogP contribution < -0.4 is 5.32 Å². The third kappa shape index (κ3) is 3.99. The van der Waals surface area contributed by atoms with E-state index in [1.807, 2.05) is 24.3 Å². The van der Waals surface area contributed by atoms with Crippen LogP contribution in [0.15, 0.2) is 42.5 Å². The monoisotopic (exact) mass is 380 g/mol. The third-order valence-corrected chi connectivity index (χ3v) is 5.78. The summed E-state index contributed by atoms with van der Waals surface area (Å²) in [6.45, 7) is 1.86. The summed E-state index contributed by atoms with van der Waals surface area (Å²) in [5, 5.41) is 3.27. The summed E-state index contributed by atoms with van der Waals surface area (Å²) in [6, 6.07) is 12.1. The topological polar surface area (TPSA) is 49.4 Å². The van der Waals surface area contributed by atoms with Crippen LogP contribution in [0.2, 0.25) is 0 Å². The Morgan fingerprint density at radius 1 is 1.07 bits per heavy atom. The molecule has 0 radical (unpaired) electrons. The second-order valence-corrected chi connectivity index (χ2v) is 7.62. The highest BCUT2D eigenvalue weighted by molar-refractivity contribution is 5.98. The Bertz CT molecular complexity index is 896. The maximum Gasteiger partial charge on any atom is 0.223 e. The number of rotatable bonds is 5. The second kappa shape index (κ2) is 8.23. The number of Topliss-reactive ketones (excluding diaryl/α,β-unsaturated/α-hetero) is 1. The molecule has 2 aliphatic rings. The minimum Gasteiger partial charge on any atom is -0.333 e. The lowest BCUT2D eigenvalue weighted by atomic mass is 9.99. The molecule has 1 atom stereocenters. The first kappa shape index (κ1) is 18.8. The summed E-state index contributed by atoms with van der Waals surface area (Å²) in [7, 11) is 0. The van der Waals surface area contributed by atoms with Crippen molar-refractivity contribution >= 4 is 11.7 Å². The van der Waals surface area contributed by atoms with Crippen molar-refractivity contribution < 1.29 is 14.0 Å². The summed E-state index contributed by atoms with van der Waals surface area (Å²) in [6.07, 6.45) is 3.66. The largest absolute Gasteiger partial charge is 0.333 e. The smallest absolute Gasteiger partial charge is 0.223 e. The van der Waals surface area contributed by atoms with Crippen LogP contribution in [0, 0.1) is 5.82 Å². The van der Waals surface area contributed by atoms with E-state index in [0.29, 0.717) is 25.2 Å². The highest BCUT2D eigenvalue weighted by Gasteiger charge is 2.28. The van der Waals surface area contributed by atoms with Gasteiger partial charge >= 0.3 is 0 Å². The number of hydrogen-bond donors (Lipinski definition) is 1. The van der Waals surface area contributed by atoms with Crippen molar-refractivity contribution in [3.8, 4) is 0 Å². The number of aryl methyl sites for hydroxylation is 2. The first-order chi connectivity index (χ1) is 13.6. The fourth-order valence-electron chi connectivity index (χ4n) is 4.27. The van der Waals surface area contributed by atoms with E-state index in [-0.39, 0.29) is 36.4 Å². The van der Waals surface area contributed by atoms with Crippen LogP contribution in [0.3, 0.4) is 0 Å². The molecule has 0 bridgehead atoms. The number of benzene rings is 2. The minimum atomic E-state index is -0.303. The maximum atomic E-state index is 13.6. The number of nitrogens with zero attached hydrogens (tertiary/aromatic N) is 1. The van der Waals surface area contributed by atoms with Gasteiger partial charge in [-0.2, -0.15) is 0 Å². The van der Waals surface area contributed by atoms with Gasteiger partial charge in [-0.15, -0.1) is 0 Å². The number of halogens is 1. The highest BCUT2D eigenvalue weighted by Crippen LogP contribution is 2.25. The Balaban J connectivity index is 1.41. The standard InChI is InChI=1S/C23H25FN2O2/c24-20-6-2-5-18(14-20)21-15-25-11-12-26(21)23(28)10-9-22(27)19-8-7-16-3-1-4-17(16)13-19/h2,5-8,13-14,21,25H,1,3-4,9-12,15H2. The summed E-state index contributed by atoms with van der Waals surface area (Å²) < 4.78 is 13.6. The molecule has 1 saturated heterocycles. The van der Waals surface area contributed by atoms with Crippen LogP contribution in [0.5, 0.6) is 0 Å². The quantitative estimate of drug-likeness (QED) is 0.809. The summed E-state index contributed by atoms with van der Waals surface area (Å²) in [4.78, 5) is 27.2. The van der Waals surface area contributed by atoms with Gasteiger partial charge in [-0.1, -0.05) is 24.3 Å². The predicted molar refractivity (Wildman–Crippen MR) is 106 cm³/mol. The van der Waals surface area contributed by atoms with E-state index in [1.165, 1.54) is 23.3 Å². The zero-order chi connectivity index (χ0) is 19.5. The van der Waals surface area contributed by atoms with Gasteiger partial charge < -0.3 is 10.2 Å². The summed E-state index contributed by atoms with van der Waals surface area (Å²) >= 11 is 0. The number of nitrogens with one attached hydrogen (secondary N) is 1. The predicted octanol–water partition coefficient (Wildman–Crippen LogP) is 3.45. The number of carbonyl (C=O) groups is 2. The van der Waals surface area contributed by atoms with Gasteiger partial charge in [-0.25, -0.2) is 4.39 Å². The molecule has 1 heterocycles. The molecule has 1 unspecified atom stereocenters. The molecule has 0 aromatic heterocycles. The Morgan fingerprint density at radius 3 is 2.79 bits per heavy atom. The first-order valence-corrected chi connectivity index (χ1v) is 10.0. The maximum absolute atomic E-state index is 13.6. The molecule has 4 rings (SSSR count). The van der Waals surface area contributed by atoms with Crippen molar-refractivity contribution in [2.45, 2.75) is 38.1 Å². The Hall–Kier alpha value is -2.53. The van der Waals surface area contributed by atoms with Gasteiger partial charge in [0.1, 0.15) is 5.82 Å². The van der Waals surface area contributed by atoms with Gasteiger partial charge in [0, 0.05) is 38.0 Å². The van der Waals surface area contributed by atoms with Crippen LogP contribution in [-0.4, -0.2) is 36.2 Å². The molecule has 1 fully saturated rings. The molecule has 1 amide bonds. The number of carbonyl (C=O) groups excluding carboxylic acids is 2. The van der Waals surface area contributed by atoms with Gasteiger partial charge in [0.2, 0.25) is 5.91 Å². The molecule has 0 saturated carbocycles. The lowest BCUT2D eigenvalue weighted by molar-refractivity contribution is -0.134. The molecule has 4 nitrogen and oxygen atoms in total. The van der Waals surface area contributed by atoms with Gasteiger partial charge in [0.05, 0.1) is 6.04 Å². The molecule has 2 aromatic rings. The SMILES string of the molecule is O=C(CCC(=O)N1CCNCC1c1cccc(F)c1)c1ccc2c(c1)CCC2. The van der Waals surface area contributed by atoms with Crippen LogP contribution >= 0.6 is 0 Å². The van der Waals surface area contributed by atoms with Crippen molar-refractivity contribution in [3.63, 3.8) is 0 Å². The zero-order valence-corrected chi connectivity index (χ0v) is 15.9. The fraction of sp³-hybridized carbons (Fsp3) is 0.391. The van der Waals surface area contributed by atoms with E-state index < -0.39 is 0 Å². The van der Waals surface area contributed by atoms with Crippen LogP contribution in [0.1, 0.15) is 52.4 Å². The van der Waals surface area contributed by atoms with E-state index in [2.05, 4.69) is 5.32 Å². The van der Waals surface area contributed by atoms with Gasteiger partial charge in [0.25, 0.3) is 0 Å². The van der Waals surface area contributed by atoms with E-state index in [9.17, 15) is 14.0 Å². The molecule has 1 aliphatic heterocycles. The van der Waals surface area contributed by atoms with E-state index in [1.54, 1.807) is 11.0 Å². The number of hydrogen-bond acceptors (Lipinski definition) is 3. The summed E-state index contributed by atoms with van der Waals surface area (Å²) in [5.74, 6) is -0.340. The van der Waals surface area contributed by atoms with Crippen molar-refractivity contribution in [3.05, 3.63) is 70.5 Å². The normalized spacial score (nSPS) is 18.8. The van der Waals surface area contributed by atoms with Crippen molar-refractivity contribution in [2.24, 2.45) is 0 Å². The average Bonchev–Trinajstić information content (AvgIpc) is 3.19. The van der Waals surface area contributed by atoms with E-state index >= 15 is 0 Å². The van der Waals surface area contributed by atoms with Crippen molar-refractivity contribution in [1.82, 2.24) is 10.2 Å². The third-order valence-electron chi connectivity index (χ3n) is 5.78. The molecule has 1 N–H and O–H groups in total. The van der Waals surface area contributed by atoms with Gasteiger partial charge in [-0.3, -0.25) is 9.59 Å². The Kier molecular flexibility index (Phi) is 5.53.